The van der Waals surface area contributed by atoms with Crippen LogP contribution in [0.2, 0.25) is 0 Å². The molecule has 2 amide bonds. The van der Waals surface area contributed by atoms with Gasteiger partial charge in [0.25, 0.3) is 0 Å². The predicted molar refractivity (Wildman–Crippen MR) is 91.4 cm³/mol. The number of ether oxygens (including phenoxy) is 1. The van der Waals surface area contributed by atoms with Gasteiger partial charge in [0, 0.05) is 26.1 Å². The SMILES string of the molecule is Cc1ccc(CN2C(=O)CC[C@@H]2C(=O)NC[C@H]2CCCCO2)cc1. The van der Waals surface area contributed by atoms with E-state index in [9.17, 15) is 9.59 Å². The molecule has 0 aromatic heterocycles. The van der Waals surface area contributed by atoms with E-state index in [-0.39, 0.29) is 24.0 Å². The van der Waals surface area contributed by atoms with Crippen LogP contribution in [0.1, 0.15) is 43.2 Å². The monoisotopic (exact) mass is 330 g/mol. The van der Waals surface area contributed by atoms with Crippen molar-refractivity contribution in [2.75, 3.05) is 13.2 Å². The summed E-state index contributed by atoms with van der Waals surface area (Å²) in [5, 5.41) is 2.98. The van der Waals surface area contributed by atoms with Crippen molar-refractivity contribution in [2.45, 2.75) is 57.7 Å². The van der Waals surface area contributed by atoms with Crippen molar-refractivity contribution in [2.24, 2.45) is 0 Å². The summed E-state index contributed by atoms with van der Waals surface area (Å²) in [5.74, 6) is 0.00627. The van der Waals surface area contributed by atoms with E-state index < -0.39 is 0 Å². The number of amides is 2. The van der Waals surface area contributed by atoms with Gasteiger partial charge >= 0.3 is 0 Å². The van der Waals surface area contributed by atoms with E-state index in [1.807, 2.05) is 31.2 Å². The third-order valence-electron chi connectivity index (χ3n) is 4.88. The quantitative estimate of drug-likeness (QED) is 0.900. The molecular formula is C19H26N2O3. The zero-order valence-electron chi connectivity index (χ0n) is 14.3. The molecule has 0 saturated carbocycles. The fourth-order valence-electron chi connectivity index (χ4n) is 3.40. The minimum absolute atomic E-state index is 0.0536. The van der Waals surface area contributed by atoms with Crippen LogP contribution in [-0.2, 0) is 20.9 Å². The molecule has 2 atom stereocenters. The van der Waals surface area contributed by atoms with Gasteiger partial charge in [-0.1, -0.05) is 29.8 Å². The normalized spacial score (nSPS) is 24.2. The van der Waals surface area contributed by atoms with Gasteiger partial charge in [-0.3, -0.25) is 9.59 Å². The number of carbonyl (C=O) groups excluding carboxylic acids is 2. The van der Waals surface area contributed by atoms with E-state index in [2.05, 4.69) is 5.32 Å². The fraction of sp³-hybridized carbons (Fsp3) is 0.579. The first-order chi connectivity index (χ1) is 11.6. The number of nitrogens with zero attached hydrogens (tertiary/aromatic N) is 1. The molecule has 2 aliphatic heterocycles. The Morgan fingerprint density at radius 2 is 2.04 bits per heavy atom. The van der Waals surface area contributed by atoms with E-state index in [1.165, 1.54) is 5.56 Å². The van der Waals surface area contributed by atoms with Crippen molar-refractivity contribution in [3.05, 3.63) is 35.4 Å². The Hall–Kier alpha value is -1.88. The lowest BCUT2D eigenvalue weighted by molar-refractivity contribution is -0.136. The molecule has 24 heavy (non-hydrogen) atoms. The maximum Gasteiger partial charge on any atom is 0.242 e. The molecule has 0 radical (unpaired) electrons. The van der Waals surface area contributed by atoms with Crippen LogP contribution in [0.5, 0.6) is 0 Å². The fourth-order valence-corrected chi connectivity index (χ4v) is 3.40. The Morgan fingerprint density at radius 1 is 1.25 bits per heavy atom. The second kappa shape index (κ2) is 7.79. The highest BCUT2D eigenvalue weighted by atomic mass is 16.5. The maximum absolute atomic E-state index is 12.5. The van der Waals surface area contributed by atoms with Crippen LogP contribution >= 0.6 is 0 Å². The van der Waals surface area contributed by atoms with Crippen LogP contribution in [-0.4, -0.2) is 42.0 Å². The zero-order valence-corrected chi connectivity index (χ0v) is 14.3. The van der Waals surface area contributed by atoms with Gasteiger partial charge in [0.05, 0.1) is 6.10 Å². The summed E-state index contributed by atoms with van der Waals surface area (Å²) in [6.07, 6.45) is 4.42. The Bertz CT molecular complexity index is 579. The zero-order chi connectivity index (χ0) is 16.9. The number of nitrogens with one attached hydrogen (secondary N) is 1. The van der Waals surface area contributed by atoms with Gasteiger partial charge in [-0.15, -0.1) is 0 Å². The minimum atomic E-state index is -0.359. The van der Waals surface area contributed by atoms with Gasteiger partial charge in [-0.05, 0) is 38.2 Å². The molecule has 0 spiro atoms. The van der Waals surface area contributed by atoms with Gasteiger partial charge in [-0.25, -0.2) is 0 Å². The molecule has 2 aliphatic rings. The molecule has 2 saturated heterocycles. The van der Waals surface area contributed by atoms with Crippen LogP contribution in [0.15, 0.2) is 24.3 Å². The topological polar surface area (TPSA) is 58.6 Å². The minimum Gasteiger partial charge on any atom is -0.376 e. The molecule has 1 aromatic rings. The summed E-state index contributed by atoms with van der Waals surface area (Å²) < 4.78 is 5.65. The highest BCUT2D eigenvalue weighted by Crippen LogP contribution is 2.22. The average molecular weight is 330 g/mol. The molecule has 0 aliphatic carbocycles. The molecule has 2 fully saturated rings. The van der Waals surface area contributed by atoms with Crippen LogP contribution in [0.25, 0.3) is 0 Å². The molecule has 3 rings (SSSR count). The first kappa shape index (κ1) is 17.0. The van der Waals surface area contributed by atoms with Crippen molar-refractivity contribution >= 4 is 11.8 Å². The van der Waals surface area contributed by atoms with Gasteiger partial charge in [-0.2, -0.15) is 0 Å². The molecule has 0 bridgehead atoms. The number of hydrogen-bond acceptors (Lipinski definition) is 3. The molecule has 1 N–H and O–H groups in total. The van der Waals surface area contributed by atoms with Crippen molar-refractivity contribution in [1.82, 2.24) is 10.2 Å². The van der Waals surface area contributed by atoms with E-state index in [0.29, 0.717) is 25.9 Å². The molecule has 5 nitrogen and oxygen atoms in total. The number of likely N-dealkylation sites (tertiary alicyclic amines) is 1. The third kappa shape index (κ3) is 4.15. The summed E-state index contributed by atoms with van der Waals surface area (Å²) in [5.41, 5.74) is 2.25. The molecule has 0 unspecified atom stereocenters. The smallest absolute Gasteiger partial charge is 0.242 e. The Labute approximate surface area is 143 Å². The number of carbonyl (C=O) groups is 2. The summed E-state index contributed by atoms with van der Waals surface area (Å²) in [7, 11) is 0. The van der Waals surface area contributed by atoms with Crippen LogP contribution in [0.3, 0.4) is 0 Å². The Morgan fingerprint density at radius 3 is 2.75 bits per heavy atom. The third-order valence-corrected chi connectivity index (χ3v) is 4.88. The number of hydrogen-bond donors (Lipinski definition) is 1. The van der Waals surface area contributed by atoms with Gasteiger partial charge in [0.1, 0.15) is 6.04 Å². The van der Waals surface area contributed by atoms with Crippen LogP contribution in [0, 0.1) is 6.92 Å². The van der Waals surface area contributed by atoms with E-state index in [0.717, 1.165) is 31.4 Å². The van der Waals surface area contributed by atoms with Crippen LogP contribution < -0.4 is 5.32 Å². The first-order valence-electron chi connectivity index (χ1n) is 8.88. The van der Waals surface area contributed by atoms with Crippen molar-refractivity contribution < 1.29 is 14.3 Å². The number of aryl methyl sites for hydroxylation is 1. The second-order valence-electron chi connectivity index (χ2n) is 6.80. The maximum atomic E-state index is 12.5. The molecule has 5 heteroatoms. The van der Waals surface area contributed by atoms with Crippen molar-refractivity contribution in [1.29, 1.82) is 0 Å². The number of benzene rings is 1. The standard InChI is InChI=1S/C19H26N2O3/c1-14-5-7-15(8-6-14)13-21-17(9-10-18(21)22)19(23)20-12-16-4-2-3-11-24-16/h5-8,16-17H,2-4,9-13H2,1H3,(H,20,23)/t16-,17-/m1/s1. The van der Waals surface area contributed by atoms with Gasteiger partial charge in [0.2, 0.25) is 11.8 Å². The van der Waals surface area contributed by atoms with Crippen molar-refractivity contribution in [3.63, 3.8) is 0 Å². The molecule has 2 heterocycles. The molecule has 1 aromatic carbocycles. The highest BCUT2D eigenvalue weighted by Gasteiger charge is 2.36. The van der Waals surface area contributed by atoms with E-state index in [4.69, 9.17) is 4.74 Å². The van der Waals surface area contributed by atoms with Gasteiger partial charge in [0.15, 0.2) is 0 Å². The van der Waals surface area contributed by atoms with E-state index in [1.54, 1.807) is 4.90 Å². The van der Waals surface area contributed by atoms with Crippen LogP contribution in [0.4, 0.5) is 0 Å². The lowest BCUT2D eigenvalue weighted by Crippen LogP contribution is -2.46. The van der Waals surface area contributed by atoms with E-state index >= 15 is 0 Å². The first-order valence-corrected chi connectivity index (χ1v) is 8.88. The molecule has 130 valence electrons. The lowest BCUT2D eigenvalue weighted by Gasteiger charge is -2.26. The average Bonchev–Trinajstić information content (AvgIpc) is 2.96. The van der Waals surface area contributed by atoms with Gasteiger partial charge < -0.3 is 15.0 Å². The lowest BCUT2D eigenvalue weighted by atomic mass is 10.1. The summed E-state index contributed by atoms with van der Waals surface area (Å²) >= 11 is 0. The largest absolute Gasteiger partial charge is 0.376 e. The van der Waals surface area contributed by atoms with Crippen molar-refractivity contribution in [3.8, 4) is 0 Å². The second-order valence-corrected chi connectivity index (χ2v) is 6.80. The Kier molecular flexibility index (Phi) is 5.51. The number of rotatable bonds is 5. The predicted octanol–water partition coefficient (Wildman–Crippen LogP) is 2.17. The summed E-state index contributed by atoms with van der Waals surface area (Å²) in [4.78, 5) is 26.4. The summed E-state index contributed by atoms with van der Waals surface area (Å²) in [6, 6.07) is 7.75. The summed E-state index contributed by atoms with van der Waals surface area (Å²) in [6.45, 7) is 3.86. The molecular weight excluding hydrogens is 304 g/mol. The highest BCUT2D eigenvalue weighted by molar-refractivity contribution is 5.90. The Balaban J connectivity index is 1.57.